The predicted octanol–water partition coefficient (Wildman–Crippen LogP) is 0.843. The van der Waals surface area contributed by atoms with E-state index >= 15 is 0 Å². The SMILES string of the molecule is O=C(Cn1nc(-c2ccccc2)ccc1=O)N1CCC(N2CCOCC2)C1. The summed E-state index contributed by atoms with van der Waals surface area (Å²) in [5.41, 5.74) is 1.36. The lowest BCUT2D eigenvalue weighted by Crippen LogP contribution is -2.45. The van der Waals surface area contributed by atoms with Crippen LogP contribution in [0.5, 0.6) is 0 Å². The van der Waals surface area contributed by atoms with E-state index in [0.717, 1.165) is 44.8 Å². The number of hydrogen-bond acceptors (Lipinski definition) is 5. The molecular weight excluding hydrogens is 344 g/mol. The molecule has 4 rings (SSSR count). The average Bonchev–Trinajstić information content (AvgIpc) is 3.21. The number of ether oxygens (including phenoxy) is 1. The van der Waals surface area contributed by atoms with Gasteiger partial charge in [-0.25, -0.2) is 4.68 Å². The third-order valence-electron chi connectivity index (χ3n) is 5.30. The second-order valence-corrected chi connectivity index (χ2v) is 7.01. The van der Waals surface area contributed by atoms with Crippen LogP contribution in [0.3, 0.4) is 0 Å². The van der Waals surface area contributed by atoms with E-state index in [0.29, 0.717) is 18.3 Å². The Morgan fingerprint density at radius 1 is 1.07 bits per heavy atom. The number of amides is 1. The number of morpholine rings is 1. The molecule has 27 heavy (non-hydrogen) atoms. The van der Waals surface area contributed by atoms with Gasteiger partial charge in [-0.3, -0.25) is 14.5 Å². The van der Waals surface area contributed by atoms with Crippen LogP contribution in [-0.4, -0.2) is 70.9 Å². The summed E-state index contributed by atoms with van der Waals surface area (Å²) in [5, 5.41) is 4.39. The summed E-state index contributed by atoms with van der Waals surface area (Å²) in [5.74, 6) is -0.0504. The molecule has 2 aliphatic rings. The van der Waals surface area contributed by atoms with Crippen LogP contribution >= 0.6 is 0 Å². The Labute approximate surface area is 158 Å². The summed E-state index contributed by atoms with van der Waals surface area (Å²) in [6.45, 7) is 4.79. The molecule has 7 heteroatoms. The van der Waals surface area contributed by atoms with E-state index in [4.69, 9.17) is 4.74 Å². The topological polar surface area (TPSA) is 67.7 Å². The number of nitrogens with zero attached hydrogens (tertiary/aromatic N) is 4. The Hall–Kier alpha value is -2.51. The van der Waals surface area contributed by atoms with E-state index in [9.17, 15) is 9.59 Å². The van der Waals surface area contributed by atoms with Crippen molar-refractivity contribution in [3.63, 3.8) is 0 Å². The number of carbonyl (C=O) groups is 1. The second-order valence-electron chi connectivity index (χ2n) is 7.01. The number of carbonyl (C=O) groups excluding carboxylic acids is 1. The fourth-order valence-electron chi connectivity index (χ4n) is 3.76. The summed E-state index contributed by atoms with van der Waals surface area (Å²) in [4.78, 5) is 29.1. The van der Waals surface area contributed by atoms with E-state index < -0.39 is 0 Å². The molecule has 142 valence electrons. The van der Waals surface area contributed by atoms with Gasteiger partial charge < -0.3 is 9.64 Å². The highest BCUT2D eigenvalue weighted by molar-refractivity contribution is 5.76. The molecule has 1 amide bonds. The van der Waals surface area contributed by atoms with Gasteiger partial charge in [-0.2, -0.15) is 5.10 Å². The maximum atomic E-state index is 12.7. The fraction of sp³-hybridized carbons (Fsp3) is 0.450. The maximum Gasteiger partial charge on any atom is 0.267 e. The van der Waals surface area contributed by atoms with Crippen molar-refractivity contribution in [2.45, 2.75) is 19.0 Å². The molecule has 1 aromatic heterocycles. The lowest BCUT2D eigenvalue weighted by Gasteiger charge is -2.32. The summed E-state index contributed by atoms with van der Waals surface area (Å²) in [6.07, 6.45) is 0.970. The second kappa shape index (κ2) is 8.02. The molecule has 2 aromatic rings. The number of benzene rings is 1. The summed E-state index contributed by atoms with van der Waals surface area (Å²) < 4.78 is 6.68. The first-order valence-electron chi connectivity index (χ1n) is 9.44. The predicted molar refractivity (Wildman–Crippen MR) is 101 cm³/mol. The van der Waals surface area contributed by atoms with E-state index in [1.165, 1.54) is 10.7 Å². The van der Waals surface area contributed by atoms with Crippen molar-refractivity contribution in [2.75, 3.05) is 39.4 Å². The molecule has 2 fully saturated rings. The Kier molecular flexibility index (Phi) is 5.31. The largest absolute Gasteiger partial charge is 0.379 e. The van der Waals surface area contributed by atoms with Crippen LogP contribution in [0, 0.1) is 0 Å². The highest BCUT2D eigenvalue weighted by atomic mass is 16.5. The van der Waals surface area contributed by atoms with Crippen molar-refractivity contribution in [1.82, 2.24) is 19.6 Å². The van der Waals surface area contributed by atoms with Gasteiger partial charge >= 0.3 is 0 Å². The summed E-state index contributed by atoms with van der Waals surface area (Å²) in [6, 6.07) is 13.2. The van der Waals surface area contributed by atoms with E-state index in [1.54, 1.807) is 6.07 Å². The molecule has 0 spiro atoms. The van der Waals surface area contributed by atoms with Gasteiger partial charge in [0.25, 0.3) is 5.56 Å². The third kappa shape index (κ3) is 4.09. The third-order valence-corrected chi connectivity index (χ3v) is 5.30. The van der Waals surface area contributed by atoms with Crippen molar-refractivity contribution in [1.29, 1.82) is 0 Å². The minimum Gasteiger partial charge on any atom is -0.379 e. The minimum absolute atomic E-state index is 0.0185. The highest BCUT2D eigenvalue weighted by Crippen LogP contribution is 2.18. The van der Waals surface area contributed by atoms with Gasteiger partial charge in [0.1, 0.15) is 6.54 Å². The zero-order chi connectivity index (χ0) is 18.6. The van der Waals surface area contributed by atoms with Gasteiger partial charge in [0.15, 0.2) is 0 Å². The molecule has 0 bridgehead atoms. The van der Waals surface area contributed by atoms with Gasteiger partial charge in [-0.05, 0) is 12.5 Å². The van der Waals surface area contributed by atoms with Crippen LogP contribution in [0.1, 0.15) is 6.42 Å². The molecular formula is C20H24N4O3. The van der Waals surface area contributed by atoms with Crippen molar-refractivity contribution in [3.8, 4) is 11.3 Å². The lowest BCUT2D eigenvalue weighted by atomic mass is 10.1. The summed E-state index contributed by atoms with van der Waals surface area (Å²) >= 11 is 0. The molecule has 0 saturated carbocycles. The van der Waals surface area contributed by atoms with Crippen molar-refractivity contribution in [3.05, 3.63) is 52.8 Å². The summed E-state index contributed by atoms with van der Waals surface area (Å²) in [7, 11) is 0. The van der Waals surface area contributed by atoms with Gasteiger partial charge in [0.05, 0.1) is 18.9 Å². The first-order valence-corrected chi connectivity index (χ1v) is 9.44. The monoisotopic (exact) mass is 368 g/mol. The Morgan fingerprint density at radius 2 is 1.85 bits per heavy atom. The number of hydrogen-bond donors (Lipinski definition) is 0. The van der Waals surface area contributed by atoms with E-state index in [-0.39, 0.29) is 18.0 Å². The van der Waals surface area contributed by atoms with Crippen molar-refractivity contribution in [2.24, 2.45) is 0 Å². The smallest absolute Gasteiger partial charge is 0.267 e. The number of rotatable bonds is 4. The first kappa shape index (κ1) is 17.9. The van der Waals surface area contributed by atoms with Crippen LogP contribution in [0.25, 0.3) is 11.3 Å². The molecule has 0 N–H and O–H groups in total. The highest BCUT2D eigenvalue weighted by Gasteiger charge is 2.31. The van der Waals surface area contributed by atoms with Gasteiger partial charge in [0.2, 0.25) is 5.91 Å². The molecule has 3 heterocycles. The zero-order valence-corrected chi connectivity index (χ0v) is 15.3. The zero-order valence-electron chi connectivity index (χ0n) is 15.3. The van der Waals surface area contributed by atoms with E-state index in [1.807, 2.05) is 35.2 Å². The Morgan fingerprint density at radius 3 is 2.63 bits per heavy atom. The number of aromatic nitrogens is 2. The van der Waals surface area contributed by atoms with Crippen LogP contribution in [0.2, 0.25) is 0 Å². The molecule has 1 aromatic carbocycles. The van der Waals surface area contributed by atoms with Crippen molar-refractivity contribution >= 4 is 5.91 Å². The molecule has 2 saturated heterocycles. The molecule has 2 aliphatic heterocycles. The number of likely N-dealkylation sites (tertiary alicyclic amines) is 1. The van der Waals surface area contributed by atoms with Crippen molar-refractivity contribution < 1.29 is 9.53 Å². The van der Waals surface area contributed by atoms with Crippen LogP contribution in [-0.2, 0) is 16.1 Å². The molecule has 7 nitrogen and oxygen atoms in total. The minimum atomic E-state index is -0.257. The molecule has 1 unspecified atom stereocenters. The van der Waals surface area contributed by atoms with Gasteiger partial charge in [-0.1, -0.05) is 30.3 Å². The molecule has 1 atom stereocenters. The molecule has 0 aliphatic carbocycles. The lowest BCUT2D eigenvalue weighted by molar-refractivity contribution is -0.131. The van der Waals surface area contributed by atoms with E-state index in [2.05, 4.69) is 10.00 Å². The quantitative estimate of drug-likeness (QED) is 0.800. The van der Waals surface area contributed by atoms with Crippen LogP contribution in [0.15, 0.2) is 47.3 Å². The first-order chi connectivity index (χ1) is 13.2. The van der Waals surface area contributed by atoms with Gasteiger partial charge in [-0.15, -0.1) is 0 Å². The Balaban J connectivity index is 1.43. The molecule has 0 radical (unpaired) electrons. The average molecular weight is 368 g/mol. The normalized spacial score (nSPS) is 20.7. The van der Waals surface area contributed by atoms with Crippen LogP contribution in [0.4, 0.5) is 0 Å². The fourth-order valence-corrected chi connectivity index (χ4v) is 3.76. The Bertz CT molecular complexity index is 846. The van der Waals surface area contributed by atoms with Gasteiger partial charge in [0, 0.05) is 43.9 Å². The van der Waals surface area contributed by atoms with Crippen LogP contribution < -0.4 is 5.56 Å². The standard InChI is InChI=1S/C20H24N4O3/c25-19-7-6-18(16-4-2-1-3-5-16)21-24(19)15-20(26)23-9-8-17(14-23)22-10-12-27-13-11-22/h1-7,17H,8-15H2. The maximum absolute atomic E-state index is 12.7.